The summed E-state index contributed by atoms with van der Waals surface area (Å²) in [5, 5.41) is 5.43. The van der Waals surface area contributed by atoms with Gasteiger partial charge in [-0.25, -0.2) is 4.79 Å². The first-order valence-electron chi connectivity index (χ1n) is 6.54. The number of rotatable bonds is 5. The fourth-order valence-corrected chi connectivity index (χ4v) is 1.90. The molecule has 0 aliphatic rings. The van der Waals surface area contributed by atoms with E-state index in [2.05, 4.69) is 55.7 Å². The molecule has 3 nitrogen and oxygen atoms in total. The summed E-state index contributed by atoms with van der Waals surface area (Å²) in [6.45, 7) is 7.08. The van der Waals surface area contributed by atoms with Gasteiger partial charge in [0.1, 0.15) is 0 Å². The highest BCUT2D eigenvalue weighted by Gasteiger charge is 2.20. The van der Waals surface area contributed by atoms with E-state index in [1.807, 2.05) is 0 Å². The summed E-state index contributed by atoms with van der Waals surface area (Å²) in [5.41, 5.74) is 2.56. The van der Waals surface area contributed by atoms with Gasteiger partial charge in [0, 0.05) is 19.0 Å². The highest BCUT2D eigenvalue weighted by Crippen LogP contribution is 2.22. The monoisotopic (exact) mass is 248 g/mol. The first-order valence-corrected chi connectivity index (χ1v) is 6.54. The molecule has 0 saturated carbocycles. The summed E-state index contributed by atoms with van der Waals surface area (Å²) in [7, 11) is 1.63. The average molecular weight is 248 g/mol. The maximum atomic E-state index is 11.2. The minimum Gasteiger partial charge on any atom is -0.341 e. The van der Waals surface area contributed by atoms with Gasteiger partial charge >= 0.3 is 6.03 Å². The van der Waals surface area contributed by atoms with E-state index in [1.54, 1.807) is 7.05 Å². The van der Waals surface area contributed by atoms with E-state index in [1.165, 1.54) is 17.5 Å². The van der Waals surface area contributed by atoms with Crippen molar-refractivity contribution in [1.29, 1.82) is 0 Å². The topological polar surface area (TPSA) is 41.1 Å². The van der Waals surface area contributed by atoms with E-state index in [9.17, 15) is 4.79 Å². The Balaban J connectivity index is 2.68. The molecule has 3 heteroatoms. The third-order valence-corrected chi connectivity index (χ3v) is 3.19. The van der Waals surface area contributed by atoms with Gasteiger partial charge in [-0.3, -0.25) is 0 Å². The zero-order chi connectivity index (χ0) is 13.6. The maximum Gasteiger partial charge on any atom is 0.314 e. The van der Waals surface area contributed by atoms with Gasteiger partial charge in [0.05, 0.1) is 0 Å². The van der Waals surface area contributed by atoms with Gasteiger partial charge in [0.2, 0.25) is 0 Å². The van der Waals surface area contributed by atoms with Gasteiger partial charge in [-0.15, -0.1) is 0 Å². The third-order valence-electron chi connectivity index (χ3n) is 3.19. The highest BCUT2D eigenvalue weighted by atomic mass is 16.2. The van der Waals surface area contributed by atoms with Gasteiger partial charge in [0.25, 0.3) is 0 Å². The van der Waals surface area contributed by atoms with E-state index in [0.29, 0.717) is 6.54 Å². The maximum absolute atomic E-state index is 11.2. The van der Waals surface area contributed by atoms with Gasteiger partial charge in [-0.2, -0.15) is 0 Å². The van der Waals surface area contributed by atoms with Crippen molar-refractivity contribution in [3.8, 4) is 0 Å². The number of benzene rings is 1. The number of aryl methyl sites for hydroxylation is 1. The molecule has 0 saturated heterocycles. The molecule has 0 spiro atoms. The predicted molar refractivity (Wildman–Crippen MR) is 75.9 cm³/mol. The van der Waals surface area contributed by atoms with Gasteiger partial charge < -0.3 is 10.6 Å². The minimum atomic E-state index is -0.134. The Labute approximate surface area is 110 Å². The standard InChI is InChI=1S/C15H24N2O/c1-5-6-12-7-9-13(10-8-12)15(2,3)11-17-14(18)16-4/h7-10H,5-6,11H2,1-4H3,(H2,16,17,18). The second-order valence-electron chi connectivity index (χ2n) is 5.26. The molecule has 0 unspecified atom stereocenters. The minimum absolute atomic E-state index is 0.0583. The Kier molecular flexibility index (Phi) is 5.20. The molecule has 0 fully saturated rings. The van der Waals surface area contributed by atoms with Crippen LogP contribution in [0.1, 0.15) is 38.3 Å². The Morgan fingerprint density at radius 1 is 1.22 bits per heavy atom. The van der Waals surface area contributed by atoms with Crippen LogP contribution in [0, 0.1) is 0 Å². The van der Waals surface area contributed by atoms with E-state index in [-0.39, 0.29) is 11.4 Å². The van der Waals surface area contributed by atoms with Gasteiger partial charge in [-0.05, 0) is 17.5 Å². The quantitative estimate of drug-likeness (QED) is 0.826. The second-order valence-corrected chi connectivity index (χ2v) is 5.26. The summed E-state index contributed by atoms with van der Waals surface area (Å²) in [4.78, 5) is 11.2. The molecule has 0 aromatic heterocycles. The lowest BCUT2D eigenvalue weighted by atomic mass is 9.84. The number of carbonyl (C=O) groups excluding carboxylic acids is 1. The van der Waals surface area contributed by atoms with E-state index < -0.39 is 0 Å². The van der Waals surface area contributed by atoms with Crippen molar-refractivity contribution >= 4 is 6.03 Å². The van der Waals surface area contributed by atoms with Crippen LogP contribution >= 0.6 is 0 Å². The molecule has 0 heterocycles. The molecule has 0 aliphatic heterocycles. The Bertz CT molecular complexity index is 382. The number of amides is 2. The summed E-state index contributed by atoms with van der Waals surface area (Å²) in [6, 6.07) is 8.55. The molecule has 0 atom stereocenters. The van der Waals surface area contributed by atoms with Crippen molar-refractivity contribution in [3.63, 3.8) is 0 Å². The van der Waals surface area contributed by atoms with Crippen LogP contribution in [0.3, 0.4) is 0 Å². The van der Waals surface area contributed by atoms with Crippen LogP contribution in [0.15, 0.2) is 24.3 Å². The molecule has 1 aromatic rings. The molecule has 1 rings (SSSR count). The number of urea groups is 1. The van der Waals surface area contributed by atoms with Crippen LogP contribution in [0.2, 0.25) is 0 Å². The van der Waals surface area contributed by atoms with E-state index >= 15 is 0 Å². The normalized spacial score (nSPS) is 11.1. The van der Waals surface area contributed by atoms with Crippen molar-refractivity contribution in [2.75, 3.05) is 13.6 Å². The first-order chi connectivity index (χ1) is 8.49. The molecule has 100 valence electrons. The lowest BCUT2D eigenvalue weighted by Gasteiger charge is -2.25. The van der Waals surface area contributed by atoms with Crippen molar-refractivity contribution in [3.05, 3.63) is 35.4 Å². The third kappa shape index (κ3) is 4.06. The first kappa shape index (κ1) is 14.6. The summed E-state index contributed by atoms with van der Waals surface area (Å²) in [5.74, 6) is 0. The summed E-state index contributed by atoms with van der Waals surface area (Å²) < 4.78 is 0. The van der Waals surface area contributed by atoms with Crippen LogP contribution in [0.4, 0.5) is 4.79 Å². The number of hydrogen-bond acceptors (Lipinski definition) is 1. The van der Waals surface area contributed by atoms with Crippen LogP contribution in [0.25, 0.3) is 0 Å². The lowest BCUT2D eigenvalue weighted by molar-refractivity contribution is 0.240. The Hall–Kier alpha value is -1.51. The number of hydrogen-bond donors (Lipinski definition) is 2. The smallest absolute Gasteiger partial charge is 0.314 e. The van der Waals surface area contributed by atoms with Crippen LogP contribution < -0.4 is 10.6 Å². The van der Waals surface area contributed by atoms with Crippen molar-refractivity contribution in [1.82, 2.24) is 10.6 Å². The largest absolute Gasteiger partial charge is 0.341 e. The fourth-order valence-electron chi connectivity index (χ4n) is 1.90. The fraction of sp³-hybridized carbons (Fsp3) is 0.533. The van der Waals surface area contributed by atoms with Crippen molar-refractivity contribution in [2.24, 2.45) is 0 Å². The van der Waals surface area contributed by atoms with Crippen molar-refractivity contribution in [2.45, 2.75) is 39.0 Å². The molecule has 18 heavy (non-hydrogen) atoms. The zero-order valence-electron chi connectivity index (χ0n) is 11.8. The van der Waals surface area contributed by atoms with Crippen molar-refractivity contribution < 1.29 is 4.79 Å². The lowest BCUT2D eigenvalue weighted by Crippen LogP contribution is -2.40. The molecule has 2 N–H and O–H groups in total. The Morgan fingerprint density at radius 3 is 2.33 bits per heavy atom. The Morgan fingerprint density at radius 2 is 1.83 bits per heavy atom. The number of carbonyl (C=O) groups is 1. The van der Waals surface area contributed by atoms with Gasteiger partial charge in [-0.1, -0.05) is 51.5 Å². The molecule has 0 bridgehead atoms. The SMILES string of the molecule is CCCc1ccc(C(C)(C)CNC(=O)NC)cc1. The highest BCUT2D eigenvalue weighted by molar-refractivity contribution is 5.73. The van der Waals surface area contributed by atoms with Crippen LogP contribution in [-0.2, 0) is 11.8 Å². The summed E-state index contributed by atoms with van der Waals surface area (Å²) >= 11 is 0. The van der Waals surface area contributed by atoms with Crippen LogP contribution in [-0.4, -0.2) is 19.6 Å². The van der Waals surface area contributed by atoms with Crippen LogP contribution in [0.5, 0.6) is 0 Å². The summed E-state index contributed by atoms with van der Waals surface area (Å²) in [6.07, 6.45) is 2.29. The zero-order valence-corrected chi connectivity index (χ0v) is 11.8. The van der Waals surface area contributed by atoms with Gasteiger partial charge in [0.15, 0.2) is 0 Å². The van der Waals surface area contributed by atoms with E-state index in [0.717, 1.165) is 6.42 Å². The molecular weight excluding hydrogens is 224 g/mol. The molecule has 0 radical (unpaired) electrons. The molecule has 1 aromatic carbocycles. The molecular formula is C15H24N2O. The average Bonchev–Trinajstić information content (AvgIpc) is 2.37. The number of nitrogens with one attached hydrogen (secondary N) is 2. The van der Waals surface area contributed by atoms with E-state index in [4.69, 9.17) is 0 Å². The predicted octanol–water partition coefficient (Wildman–Crippen LogP) is 2.85. The second kappa shape index (κ2) is 6.43. The molecule has 0 aliphatic carbocycles. The molecule has 2 amide bonds.